The van der Waals surface area contributed by atoms with Crippen LogP contribution in [0.4, 0.5) is 4.39 Å². The van der Waals surface area contributed by atoms with Crippen LogP contribution in [0.15, 0.2) is 41.1 Å². The lowest BCUT2D eigenvalue weighted by Gasteiger charge is -2.30. The van der Waals surface area contributed by atoms with Crippen LogP contribution < -0.4 is 5.32 Å². The van der Waals surface area contributed by atoms with Crippen molar-refractivity contribution in [1.29, 1.82) is 0 Å². The highest BCUT2D eigenvalue weighted by Gasteiger charge is 2.38. The van der Waals surface area contributed by atoms with E-state index < -0.39 is 5.54 Å². The van der Waals surface area contributed by atoms with E-state index in [2.05, 4.69) is 5.32 Å². The van der Waals surface area contributed by atoms with Gasteiger partial charge in [-0.2, -0.15) is 11.3 Å². The average Bonchev–Trinajstić information content (AvgIpc) is 3.25. The molecule has 2 heterocycles. The third kappa shape index (κ3) is 4.69. The fourth-order valence-electron chi connectivity index (χ4n) is 3.46. The van der Waals surface area contributed by atoms with Gasteiger partial charge >= 0.3 is 0 Å². The van der Waals surface area contributed by atoms with E-state index >= 15 is 0 Å². The zero-order valence-corrected chi connectivity index (χ0v) is 15.7. The van der Waals surface area contributed by atoms with Crippen LogP contribution in [0, 0.1) is 5.82 Å². The number of thiophene rings is 1. The van der Waals surface area contributed by atoms with E-state index in [4.69, 9.17) is 0 Å². The van der Waals surface area contributed by atoms with Crippen LogP contribution in [0.5, 0.6) is 0 Å². The molecule has 1 aliphatic rings. The van der Waals surface area contributed by atoms with Gasteiger partial charge in [-0.25, -0.2) is 4.39 Å². The minimum absolute atomic E-state index is 0.0196. The molecule has 1 aromatic carbocycles. The monoisotopic (exact) mass is 374 g/mol. The molecule has 1 aromatic heterocycles. The Balaban J connectivity index is 1.62. The summed E-state index contributed by atoms with van der Waals surface area (Å²) in [5.74, 6) is -0.189. The standard InChI is InChI=1S/C20H23FN2O2S/c1-23(13-16-8-11-26-14-16)19(25)7-10-20(9-6-18(24)22-20)12-15-2-4-17(21)5-3-15/h2-5,8,11,14H,6-7,9-10,12-13H2,1H3,(H,22,24)/t20-/m1/s1. The number of rotatable bonds is 7. The maximum absolute atomic E-state index is 13.1. The topological polar surface area (TPSA) is 49.4 Å². The number of amides is 2. The first-order valence-electron chi connectivity index (χ1n) is 8.76. The number of carbonyl (C=O) groups excluding carboxylic acids is 2. The Morgan fingerprint density at radius 2 is 2.04 bits per heavy atom. The summed E-state index contributed by atoms with van der Waals surface area (Å²) in [7, 11) is 1.81. The molecule has 1 aliphatic heterocycles. The molecule has 0 radical (unpaired) electrons. The molecule has 2 aromatic rings. The second kappa shape index (κ2) is 7.99. The lowest BCUT2D eigenvalue weighted by molar-refractivity contribution is -0.131. The third-order valence-electron chi connectivity index (χ3n) is 4.93. The van der Waals surface area contributed by atoms with Gasteiger partial charge in [0.25, 0.3) is 0 Å². The number of nitrogens with one attached hydrogen (secondary N) is 1. The van der Waals surface area contributed by atoms with Crippen LogP contribution in [-0.2, 0) is 22.6 Å². The molecular weight excluding hydrogens is 351 g/mol. The van der Waals surface area contributed by atoms with Gasteiger partial charge in [0.1, 0.15) is 5.82 Å². The van der Waals surface area contributed by atoms with Crippen LogP contribution in [-0.4, -0.2) is 29.3 Å². The molecule has 26 heavy (non-hydrogen) atoms. The predicted octanol–water partition coefficient (Wildman–Crippen LogP) is 3.52. The lowest BCUT2D eigenvalue weighted by Crippen LogP contribution is -2.44. The van der Waals surface area contributed by atoms with Crippen LogP contribution >= 0.6 is 11.3 Å². The first kappa shape index (κ1) is 18.6. The fraction of sp³-hybridized carbons (Fsp3) is 0.400. The fourth-order valence-corrected chi connectivity index (χ4v) is 4.12. The summed E-state index contributed by atoms with van der Waals surface area (Å²) in [5, 5.41) is 7.11. The minimum Gasteiger partial charge on any atom is -0.350 e. The molecule has 138 valence electrons. The number of hydrogen-bond acceptors (Lipinski definition) is 3. The van der Waals surface area contributed by atoms with Crippen molar-refractivity contribution < 1.29 is 14.0 Å². The smallest absolute Gasteiger partial charge is 0.222 e. The molecule has 0 aliphatic carbocycles. The van der Waals surface area contributed by atoms with E-state index in [1.165, 1.54) is 12.1 Å². The van der Waals surface area contributed by atoms with Crippen molar-refractivity contribution in [2.24, 2.45) is 0 Å². The Hall–Kier alpha value is -2.21. The highest BCUT2D eigenvalue weighted by atomic mass is 32.1. The first-order chi connectivity index (χ1) is 12.5. The molecule has 1 atom stereocenters. The molecule has 1 fully saturated rings. The maximum Gasteiger partial charge on any atom is 0.222 e. The van der Waals surface area contributed by atoms with Crippen molar-refractivity contribution in [2.45, 2.75) is 44.2 Å². The van der Waals surface area contributed by atoms with Crippen LogP contribution in [0.3, 0.4) is 0 Å². The Kier molecular flexibility index (Phi) is 5.71. The number of halogens is 1. The van der Waals surface area contributed by atoms with Crippen molar-refractivity contribution in [3.8, 4) is 0 Å². The van der Waals surface area contributed by atoms with Gasteiger partial charge in [-0.15, -0.1) is 0 Å². The summed E-state index contributed by atoms with van der Waals surface area (Å²) >= 11 is 1.62. The molecule has 0 unspecified atom stereocenters. The predicted molar refractivity (Wildman–Crippen MR) is 100 cm³/mol. The van der Waals surface area contributed by atoms with Crippen molar-refractivity contribution >= 4 is 23.2 Å². The summed E-state index contributed by atoms with van der Waals surface area (Å²) in [6.07, 6.45) is 2.75. The van der Waals surface area contributed by atoms with Gasteiger partial charge in [-0.1, -0.05) is 12.1 Å². The van der Waals surface area contributed by atoms with Crippen LogP contribution in [0.2, 0.25) is 0 Å². The highest BCUT2D eigenvalue weighted by Crippen LogP contribution is 2.30. The second-order valence-electron chi connectivity index (χ2n) is 7.01. The van der Waals surface area contributed by atoms with Crippen molar-refractivity contribution in [3.05, 3.63) is 58.0 Å². The number of nitrogens with zero attached hydrogens (tertiary/aromatic N) is 1. The van der Waals surface area contributed by atoms with Crippen LogP contribution in [0.25, 0.3) is 0 Å². The van der Waals surface area contributed by atoms with E-state index in [-0.39, 0.29) is 17.6 Å². The lowest BCUT2D eigenvalue weighted by atomic mass is 9.85. The van der Waals surface area contributed by atoms with Crippen molar-refractivity contribution in [3.63, 3.8) is 0 Å². The van der Waals surface area contributed by atoms with Gasteiger partial charge in [-0.05, 0) is 59.3 Å². The van der Waals surface area contributed by atoms with Crippen LogP contribution in [0.1, 0.15) is 36.8 Å². The molecule has 1 saturated heterocycles. The SMILES string of the molecule is CN(Cc1ccsc1)C(=O)CC[C@@]1(Cc2ccc(F)cc2)CCC(=O)N1. The molecule has 1 N–H and O–H groups in total. The summed E-state index contributed by atoms with van der Waals surface area (Å²) in [6, 6.07) is 8.36. The van der Waals surface area contributed by atoms with E-state index in [1.807, 2.05) is 16.8 Å². The summed E-state index contributed by atoms with van der Waals surface area (Å²) in [5.41, 5.74) is 1.67. The van der Waals surface area contributed by atoms with Crippen molar-refractivity contribution in [2.75, 3.05) is 7.05 Å². The average molecular weight is 374 g/mol. The highest BCUT2D eigenvalue weighted by molar-refractivity contribution is 7.07. The summed E-state index contributed by atoms with van der Waals surface area (Å²) in [4.78, 5) is 26.1. The third-order valence-corrected chi connectivity index (χ3v) is 5.67. The molecule has 0 spiro atoms. The molecular formula is C20H23FN2O2S. The zero-order chi connectivity index (χ0) is 18.6. The molecule has 6 heteroatoms. The maximum atomic E-state index is 13.1. The van der Waals surface area contributed by atoms with E-state index in [9.17, 15) is 14.0 Å². The quantitative estimate of drug-likeness (QED) is 0.806. The molecule has 3 rings (SSSR count). The van der Waals surface area contributed by atoms with E-state index in [1.54, 1.807) is 35.4 Å². The van der Waals surface area contributed by atoms with Crippen molar-refractivity contribution in [1.82, 2.24) is 10.2 Å². The van der Waals surface area contributed by atoms with E-state index in [0.29, 0.717) is 38.6 Å². The largest absolute Gasteiger partial charge is 0.350 e. The minimum atomic E-state index is -0.423. The number of hydrogen-bond donors (Lipinski definition) is 1. The molecule has 4 nitrogen and oxygen atoms in total. The normalized spacial score (nSPS) is 19.4. The number of benzene rings is 1. The molecule has 2 amide bonds. The first-order valence-corrected chi connectivity index (χ1v) is 9.71. The molecule has 0 saturated carbocycles. The van der Waals surface area contributed by atoms with E-state index in [0.717, 1.165) is 11.1 Å². The zero-order valence-electron chi connectivity index (χ0n) is 14.8. The number of carbonyl (C=O) groups is 2. The Labute approximate surface area is 157 Å². The Morgan fingerprint density at radius 3 is 2.65 bits per heavy atom. The van der Waals surface area contributed by atoms with Gasteiger partial charge in [-0.3, -0.25) is 9.59 Å². The van der Waals surface area contributed by atoms with Gasteiger partial charge in [0.15, 0.2) is 0 Å². The Bertz CT molecular complexity index is 761. The second-order valence-corrected chi connectivity index (χ2v) is 7.79. The van der Waals surface area contributed by atoms with Gasteiger partial charge in [0, 0.05) is 32.0 Å². The molecule has 0 bridgehead atoms. The van der Waals surface area contributed by atoms with Gasteiger partial charge in [0.05, 0.1) is 0 Å². The Morgan fingerprint density at radius 1 is 1.27 bits per heavy atom. The van der Waals surface area contributed by atoms with Gasteiger partial charge < -0.3 is 10.2 Å². The van der Waals surface area contributed by atoms with Gasteiger partial charge in [0.2, 0.25) is 11.8 Å². The summed E-state index contributed by atoms with van der Waals surface area (Å²) in [6.45, 7) is 0.597. The summed E-state index contributed by atoms with van der Waals surface area (Å²) < 4.78 is 13.1.